The SMILES string of the molecule is CC(C)n1cc(C(=O)N[C@@H]2Cc3ccccc3[C@H]2N)cn1. The fraction of sp³-hybridized carbons (Fsp3) is 0.375. The van der Waals surface area contributed by atoms with Crippen molar-refractivity contribution in [3.8, 4) is 0 Å². The molecule has 1 heterocycles. The van der Waals surface area contributed by atoms with Crippen LogP contribution in [-0.4, -0.2) is 21.7 Å². The Labute approximate surface area is 124 Å². The zero-order valence-electron chi connectivity index (χ0n) is 12.3. The summed E-state index contributed by atoms with van der Waals surface area (Å²) in [5.74, 6) is -0.116. The second-order valence-corrected chi connectivity index (χ2v) is 5.81. The summed E-state index contributed by atoms with van der Waals surface area (Å²) in [6, 6.07) is 8.12. The zero-order valence-corrected chi connectivity index (χ0v) is 12.3. The average molecular weight is 284 g/mol. The van der Waals surface area contributed by atoms with Gasteiger partial charge >= 0.3 is 0 Å². The molecule has 3 rings (SSSR count). The zero-order chi connectivity index (χ0) is 15.0. The van der Waals surface area contributed by atoms with E-state index in [0.717, 1.165) is 12.0 Å². The maximum absolute atomic E-state index is 12.3. The van der Waals surface area contributed by atoms with E-state index in [4.69, 9.17) is 5.73 Å². The number of carbonyl (C=O) groups excluding carboxylic acids is 1. The maximum Gasteiger partial charge on any atom is 0.254 e. The van der Waals surface area contributed by atoms with Crippen LogP contribution in [-0.2, 0) is 6.42 Å². The second-order valence-electron chi connectivity index (χ2n) is 5.81. The molecule has 21 heavy (non-hydrogen) atoms. The van der Waals surface area contributed by atoms with Crippen LogP contribution in [0.4, 0.5) is 0 Å². The van der Waals surface area contributed by atoms with Gasteiger partial charge in [-0.05, 0) is 31.4 Å². The van der Waals surface area contributed by atoms with Gasteiger partial charge in [-0.1, -0.05) is 24.3 Å². The van der Waals surface area contributed by atoms with Gasteiger partial charge in [-0.15, -0.1) is 0 Å². The first kappa shape index (κ1) is 13.8. The highest BCUT2D eigenvalue weighted by Crippen LogP contribution is 2.29. The predicted molar refractivity (Wildman–Crippen MR) is 80.9 cm³/mol. The van der Waals surface area contributed by atoms with Crippen LogP contribution >= 0.6 is 0 Å². The molecule has 5 heteroatoms. The molecule has 2 aromatic rings. The highest BCUT2D eigenvalue weighted by atomic mass is 16.1. The van der Waals surface area contributed by atoms with Crippen molar-refractivity contribution >= 4 is 5.91 Å². The predicted octanol–water partition coefficient (Wildman–Crippen LogP) is 1.82. The van der Waals surface area contributed by atoms with Gasteiger partial charge in [-0.3, -0.25) is 9.48 Å². The summed E-state index contributed by atoms with van der Waals surface area (Å²) in [4.78, 5) is 12.3. The van der Waals surface area contributed by atoms with E-state index < -0.39 is 0 Å². The molecule has 1 amide bonds. The van der Waals surface area contributed by atoms with Gasteiger partial charge in [0.1, 0.15) is 0 Å². The van der Waals surface area contributed by atoms with Crippen LogP contribution in [0.25, 0.3) is 0 Å². The third-order valence-corrected chi connectivity index (χ3v) is 4.00. The van der Waals surface area contributed by atoms with E-state index >= 15 is 0 Å². The van der Waals surface area contributed by atoms with Crippen LogP contribution < -0.4 is 11.1 Å². The van der Waals surface area contributed by atoms with E-state index in [1.165, 1.54) is 5.56 Å². The Morgan fingerprint density at radius 2 is 2.19 bits per heavy atom. The Bertz CT molecular complexity index is 662. The number of carbonyl (C=O) groups is 1. The summed E-state index contributed by atoms with van der Waals surface area (Å²) < 4.78 is 1.78. The number of rotatable bonds is 3. The summed E-state index contributed by atoms with van der Waals surface area (Å²) in [5, 5.41) is 7.22. The van der Waals surface area contributed by atoms with Crippen molar-refractivity contribution in [1.29, 1.82) is 0 Å². The highest BCUT2D eigenvalue weighted by Gasteiger charge is 2.30. The van der Waals surface area contributed by atoms with Crippen molar-refractivity contribution in [2.24, 2.45) is 5.73 Å². The number of aromatic nitrogens is 2. The molecule has 0 fully saturated rings. The molecule has 1 aliphatic rings. The Kier molecular flexibility index (Phi) is 3.51. The van der Waals surface area contributed by atoms with Gasteiger partial charge in [0.25, 0.3) is 5.91 Å². The summed E-state index contributed by atoms with van der Waals surface area (Å²) in [6.07, 6.45) is 4.15. The molecule has 0 unspecified atom stereocenters. The minimum absolute atomic E-state index is 0.0581. The van der Waals surface area contributed by atoms with Gasteiger partial charge in [0.05, 0.1) is 23.8 Å². The second kappa shape index (κ2) is 5.33. The number of nitrogens with one attached hydrogen (secondary N) is 1. The van der Waals surface area contributed by atoms with Gasteiger partial charge in [0, 0.05) is 12.2 Å². The molecule has 1 aromatic heterocycles. The van der Waals surface area contributed by atoms with Crippen molar-refractivity contribution in [2.75, 3.05) is 0 Å². The summed E-state index contributed by atoms with van der Waals surface area (Å²) in [5.41, 5.74) is 9.15. The summed E-state index contributed by atoms with van der Waals surface area (Å²) in [6.45, 7) is 4.05. The van der Waals surface area contributed by atoms with Crippen molar-refractivity contribution < 1.29 is 4.79 Å². The molecular weight excluding hydrogens is 264 g/mol. The van der Waals surface area contributed by atoms with Crippen LogP contribution in [0.5, 0.6) is 0 Å². The van der Waals surface area contributed by atoms with E-state index in [1.54, 1.807) is 17.1 Å². The molecule has 0 saturated carbocycles. The first-order valence-electron chi connectivity index (χ1n) is 7.24. The molecule has 1 aromatic carbocycles. The highest BCUT2D eigenvalue weighted by molar-refractivity contribution is 5.94. The minimum atomic E-state index is -0.148. The Morgan fingerprint density at radius 3 is 2.86 bits per heavy atom. The third kappa shape index (κ3) is 2.56. The van der Waals surface area contributed by atoms with Gasteiger partial charge in [0.2, 0.25) is 0 Å². The normalized spacial score (nSPS) is 20.6. The Morgan fingerprint density at radius 1 is 1.43 bits per heavy atom. The minimum Gasteiger partial charge on any atom is -0.347 e. The standard InChI is InChI=1S/C16H20N4O/c1-10(2)20-9-12(8-18-20)16(21)19-14-7-11-5-3-4-6-13(11)15(14)17/h3-6,8-10,14-15H,7,17H2,1-2H3,(H,19,21)/t14-,15-/m1/s1. The topological polar surface area (TPSA) is 72.9 Å². The number of hydrogen-bond donors (Lipinski definition) is 2. The molecule has 0 radical (unpaired) electrons. The number of benzene rings is 1. The number of nitrogens with two attached hydrogens (primary N) is 1. The average Bonchev–Trinajstić information content (AvgIpc) is 3.06. The van der Waals surface area contributed by atoms with Crippen LogP contribution in [0.1, 0.15) is 47.4 Å². The van der Waals surface area contributed by atoms with E-state index in [9.17, 15) is 4.79 Å². The summed E-state index contributed by atoms with van der Waals surface area (Å²) >= 11 is 0. The van der Waals surface area contributed by atoms with Crippen LogP contribution in [0.3, 0.4) is 0 Å². The Balaban J connectivity index is 1.71. The van der Waals surface area contributed by atoms with E-state index in [-0.39, 0.29) is 24.0 Å². The molecule has 5 nitrogen and oxygen atoms in total. The van der Waals surface area contributed by atoms with Gasteiger partial charge in [-0.25, -0.2) is 0 Å². The molecule has 0 aliphatic heterocycles. The molecule has 3 N–H and O–H groups in total. The monoisotopic (exact) mass is 284 g/mol. The lowest BCUT2D eigenvalue weighted by molar-refractivity contribution is 0.0933. The number of hydrogen-bond acceptors (Lipinski definition) is 3. The molecule has 0 bridgehead atoms. The van der Waals surface area contributed by atoms with Gasteiger partial charge < -0.3 is 11.1 Å². The van der Waals surface area contributed by atoms with Crippen molar-refractivity contribution in [1.82, 2.24) is 15.1 Å². The van der Waals surface area contributed by atoms with Gasteiger partial charge in [0.15, 0.2) is 0 Å². The molecule has 0 saturated heterocycles. The largest absolute Gasteiger partial charge is 0.347 e. The number of fused-ring (bicyclic) bond motifs is 1. The van der Waals surface area contributed by atoms with E-state index in [0.29, 0.717) is 5.56 Å². The lowest BCUT2D eigenvalue weighted by Gasteiger charge is -2.17. The van der Waals surface area contributed by atoms with Crippen molar-refractivity contribution in [3.05, 3.63) is 53.3 Å². The van der Waals surface area contributed by atoms with Crippen LogP contribution in [0, 0.1) is 0 Å². The third-order valence-electron chi connectivity index (χ3n) is 4.00. The van der Waals surface area contributed by atoms with E-state index in [1.807, 2.05) is 32.0 Å². The quantitative estimate of drug-likeness (QED) is 0.903. The smallest absolute Gasteiger partial charge is 0.254 e. The fourth-order valence-corrected chi connectivity index (χ4v) is 2.76. The molecule has 2 atom stereocenters. The molecule has 0 spiro atoms. The van der Waals surface area contributed by atoms with Crippen molar-refractivity contribution in [3.63, 3.8) is 0 Å². The van der Waals surface area contributed by atoms with E-state index in [2.05, 4.69) is 16.5 Å². The van der Waals surface area contributed by atoms with Crippen LogP contribution in [0.2, 0.25) is 0 Å². The number of nitrogens with zero attached hydrogens (tertiary/aromatic N) is 2. The van der Waals surface area contributed by atoms with Gasteiger partial charge in [-0.2, -0.15) is 5.10 Å². The molecular formula is C16H20N4O. The first-order valence-corrected chi connectivity index (χ1v) is 7.24. The maximum atomic E-state index is 12.3. The first-order chi connectivity index (χ1) is 10.1. The lowest BCUT2D eigenvalue weighted by Crippen LogP contribution is -2.40. The Hall–Kier alpha value is -2.14. The van der Waals surface area contributed by atoms with Crippen molar-refractivity contribution in [2.45, 2.75) is 38.4 Å². The summed E-state index contributed by atoms with van der Waals surface area (Å²) in [7, 11) is 0. The molecule has 110 valence electrons. The lowest BCUT2D eigenvalue weighted by atomic mass is 10.1. The molecule has 1 aliphatic carbocycles. The fourth-order valence-electron chi connectivity index (χ4n) is 2.76. The number of amides is 1. The van der Waals surface area contributed by atoms with Crippen LogP contribution in [0.15, 0.2) is 36.7 Å².